The van der Waals surface area contributed by atoms with E-state index in [0.717, 1.165) is 42.0 Å². The molecule has 1 saturated heterocycles. The molecule has 178 valence electrons. The van der Waals surface area contributed by atoms with Crippen LogP contribution in [0, 0.1) is 0 Å². The molecule has 1 amide bonds. The van der Waals surface area contributed by atoms with E-state index in [1.165, 1.54) is 11.1 Å². The summed E-state index contributed by atoms with van der Waals surface area (Å²) in [7, 11) is 1.65. The molecule has 0 unspecified atom stereocenters. The van der Waals surface area contributed by atoms with E-state index in [-0.39, 0.29) is 17.9 Å². The van der Waals surface area contributed by atoms with Crippen molar-refractivity contribution < 1.29 is 14.6 Å². The highest BCUT2D eigenvalue weighted by atomic mass is 16.5. The summed E-state index contributed by atoms with van der Waals surface area (Å²) in [5.74, 6) is 0.667. The highest BCUT2D eigenvalue weighted by Gasteiger charge is 2.53. The van der Waals surface area contributed by atoms with Crippen LogP contribution < -0.4 is 4.74 Å². The standard InChI is InChI=1S/C27H27N5O3/c1-35-20-4-5-21-22(11-20)30-25-23(14-33)32(26(34)19-6-9-28-10-7-19)17-27(24(21)25)15-31(16-27)13-18-3-2-8-29-12-18/h2-12,23,30,33H,13-17H2,1H3/t23-/m0/s1. The Morgan fingerprint density at radius 1 is 1.14 bits per heavy atom. The molecule has 2 N–H and O–H groups in total. The van der Waals surface area contributed by atoms with Gasteiger partial charge in [0.1, 0.15) is 5.75 Å². The van der Waals surface area contributed by atoms with Crippen LogP contribution >= 0.6 is 0 Å². The molecule has 3 aromatic heterocycles. The number of carbonyl (C=O) groups is 1. The van der Waals surface area contributed by atoms with Crippen LogP contribution in [0.15, 0.2) is 67.3 Å². The average Bonchev–Trinajstić information content (AvgIpc) is 3.27. The molecular weight excluding hydrogens is 442 g/mol. The van der Waals surface area contributed by atoms with Gasteiger partial charge in [0.25, 0.3) is 5.91 Å². The second-order valence-corrected chi connectivity index (χ2v) is 9.48. The largest absolute Gasteiger partial charge is 0.497 e. The minimum atomic E-state index is -0.456. The number of amides is 1. The number of H-pyrrole nitrogens is 1. The molecule has 1 atom stereocenters. The number of aliphatic hydroxyl groups is 1. The van der Waals surface area contributed by atoms with E-state index in [1.807, 2.05) is 29.3 Å². The van der Waals surface area contributed by atoms with Crippen LogP contribution in [0.2, 0.25) is 0 Å². The zero-order chi connectivity index (χ0) is 24.0. The molecule has 5 heterocycles. The third-order valence-corrected chi connectivity index (χ3v) is 7.29. The van der Waals surface area contributed by atoms with Gasteiger partial charge in [-0.3, -0.25) is 19.7 Å². The fourth-order valence-corrected chi connectivity index (χ4v) is 5.81. The van der Waals surface area contributed by atoms with Crippen LogP contribution in [0.25, 0.3) is 10.9 Å². The van der Waals surface area contributed by atoms with Gasteiger partial charge in [-0.25, -0.2) is 0 Å². The predicted octanol–water partition coefficient (Wildman–Crippen LogP) is 2.91. The van der Waals surface area contributed by atoms with Crippen LogP contribution in [-0.4, -0.2) is 69.1 Å². The van der Waals surface area contributed by atoms with Gasteiger partial charge in [-0.15, -0.1) is 0 Å². The number of hydrogen-bond donors (Lipinski definition) is 2. The summed E-state index contributed by atoms with van der Waals surface area (Å²) in [6.45, 7) is 2.80. The van der Waals surface area contributed by atoms with Gasteiger partial charge in [-0.2, -0.15) is 0 Å². The van der Waals surface area contributed by atoms with Gasteiger partial charge in [0.15, 0.2) is 0 Å². The fraction of sp³-hybridized carbons (Fsp3) is 0.296. The number of rotatable bonds is 5. The average molecular weight is 470 g/mol. The molecule has 2 aliphatic rings. The van der Waals surface area contributed by atoms with Crippen molar-refractivity contribution in [3.8, 4) is 5.75 Å². The highest BCUT2D eigenvalue weighted by Crippen LogP contribution is 2.49. The SMILES string of the molecule is COc1ccc2c3c([nH]c2c1)[C@H](CO)N(C(=O)c1ccncc1)CC31CN(Cc2cccnc2)C1. The van der Waals surface area contributed by atoms with E-state index in [2.05, 4.69) is 32.0 Å². The first-order valence-electron chi connectivity index (χ1n) is 11.7. The Hall–Kier alpha value is -3.75. The molecule has 1 spiro atoms. The first-order valence-corrected chi connectivity index (χ1v) is 11.7. The fourth-order valence-electron chi connectivity index (χ4n) is 5.81. The van der Waals surface area contributed by atoms with E-state index in [0.29, 0.717) is 12.1 Å². The molecule has 0 bridgehead atoms. The number of aliphatic hydroxyl groups excluding tert-OH is 1. The van der Waals surface area contributed by atoms with Crippen molar-refractivity contribution in [2.45, 2.75) is 18.0 Å². The lowest BCUT2D eigenvalue weighted by atomic mass is 9.68. The number of fused-ring (bicyclic) bond motifs is 4. The molecular formula is C27H27N5O3. The minimum Gasteiger partial charge on any atom is -0.497 e. The van der Waals surface area contributed by atoms with Gasteiger partial charge < -0.3 is 19.7 Å². The summed E-state index contributed by atoms with van der Waals surface area (Å²) < 4.78 is 5.45. The van der Waals surface area contributed by atoms with E-state index in [9.17, 15) is 9.90 Å². The minimum absolute atomic E-state index is 0.0987. The maximum atomic E-state index is 13.6. The van der Waals surface area contributed by atoms with Gasteiger partial charge in [0.05, 0.1) is 19.8 Å². The summed E-state index contributed by atoms with van der Waals surface area (Å²) in [6.07, 6.45) is 6.93. The van der Waals surface area contributed by atoms with Crippen molar-refractivity contribution in [1.82, 2.24) is 24.8 Å². The lowest BCUT2D eigenvalue weighted by molar-refractivity contribution is -0.00406. The molecule has 8 heteroatoms. The summed E-state index contributed by atoms with van der Waals surface area (Å²) in [6, 6.07) is 13.1. The van der Waals surface area contributed by atoms with Crippen molar-refractivity contribution in [3.63, 3.8) is 0 Å². The second kappa shape index (κ2) is 8.48. The number of methoxy groups -OCH3 is 1. The zero-order valence-electron chi connectivity index (χ0n) is 19.5. The Balaban J connectivity index is 1.42. The molecule has 0 saturated carbocycles. The van der Waals surface area contributed by atoms with E-state index in [4.69, 9.17) is 4.74 Å². The third kappa shape index (κ3) is 3.57. The van der Waals surface area contributed by atoms with Crippen LogP contribution in [0.1, 0.15) is 33.2 Å². The molecule has 6 rings (SSSR count). The number of aromatic amines is 1. The number of ether oxygens (including phenoxy) is 1. The molecule has 0 radical (unpaired) electrons. The van der Waals surface area contributed by atoms with Crippen molar-refractivity contribution in [2.24, 2.45) is 0 Å². The maximum absolute atomic E-state index is 13.6. The van der Waals surface area contributed by atoms with E-state index < -0.39 is 6.04 Å². The van der Waals surface area contributed by atoms with E-state index >= 15 is 0 Å². The Labute approximate surface area is 203 Å². The second-order valence-electron chi connectivity index (χ2n) is 9.48. The maximum Gasteiger partial charge on any atom is 0.254 e. The van der Waals surface area contributed by atoms with Gasteiger partial charge >= 0.3 is 0 Å². The third-order valence-electron chi connectivity index (χ3n) is 7.29. The van der Waals surface area contributed by atoms with Gasteiger partial charge in [0.2, 0.25) is 0 Å². The number of nitrogens with zero attached hydrogens (tertiary/aromatic N) is 4. The van der Waals surface area contributed by atoms with Crippen molar-refractivity contribution in [2.75, 3.05) is 33.4 Å². The lowest BCUT2D eigenvalue weighted by Gasteiger charge is -2.56. The zero-order valence-corrected chi connectivity index (χ0v) is 19.5. The van der Waals surface area contributed by atoms with Crippen LogP contribution in [-0.2, 0) is 12.0 Å². The Morgan fingerprint density at radius 3 is 2.69 bits per heavy atom. The smallest absolute Gasteiger partial charge is 0.254 e. The molecule has 0 aliphatic carbocycles. The normalized spacial score (nSPS) is 18.9. The summed E-state index contributed by atoms with van der Waals surface area (Å²) >= 11 is 0. The molecule has 4 aromatic rings. The van der Waals surface area contributed by atoms with Gasteiger partial charge in [-0.1, -0.05) is 6.07 Å². The molecule has 1 aromatic carbocycles. The number of pyridine rings is 2. The summed E-state index contributed by atoms with van der Waals surface area (Å²) in [5, 5.41) is 11.6. The highest BCUT2D eigenvalue weighted by molar-refractivity contribution is 5.96. The quantitative estimate of drug-likeness (QED) is 0.467. The number of benzene rings is 1. The number of likely N-dealkylation sites (tertiary alicyclic amines) is 1. The van der Waals surface area contributed by atoms with E-state index in [1.54, 1.807) is 37.8 Å². The first-order chi connectivity index (χ1) is 17.1. The molecule has 35 heavy (non-hydrogen) atoms. The number of hydrogen-bond acceptors (Lipinski definition) is 6. The van der Waals surface area contributed by atoms with Crippen molar-refractivity contribution in [3.05, 3.63) is 89.6 Å². The molecule has 1 fully saturated rings. The first kappa shape index (κ1) is 21.8. The topological polar surface area (TPSA) is 94.6 Å². The van der Waals surface area contributed by atoms with Crippen LogP contribution in [0.3, 0.4) is 0 Å². The summed E-state index contributed by atoms with van der Waals surface area (Å²) in [5.41, 5.74) is 4.57. The van der Waals surface area contributed by atoms with Crippen LogP contribution in [0.4, 0.5) is 0 Å². The molecule has 2 aliphatic heterocycles. The van der Waals surface area contributed by atoms with Gasteiger partial charge in [0, 0.05) is 84.6 Å². The van der Waals surface area contributed by atoms with Crippen LogP contribution in [0.5, 0.6) is 5.75 Å². The Kier molecular flexibility index (Phi) is 5.27. The Bertz CT molecular complexity index is 1370. The van der Waals surface area contributed by atoms with Crippen molar-refractivity contribution >= 4 is 16.8 Å². The summed E-state index contributed by atoms with van der Waals surface area (Å²) in [4.78, 5) is 29.7. The van der Waals surface area contributed by atoms with Gasteiger partial charge in [-0.05, 0) is 41.5 Å². The number of nitrogens with one attached hydrogen (secondary N) is 1. The molecule has 8 nitrogen and oxygen atoms in total. The lowest BCUT2D eigenvalue weighted by Crippen LogP contribution is -2.66. The predicted molar refractivity (Wildman–Crippen MR) is 131 cm³/mol. The Morgan fingerprint density at radius 2 is 1.97 bits per heavy atom. The van der Waals surface area contributed by atoms with Crippen molar-refractivity contribution in [1.29, 1.82) is 0 Å². The monoisotopic (exact) mass is 469 g/mol. The number of aromatic nitrogens is 3. The number of carbonyl (C=O) groups excluding carboxylic acids is 1.